The molecule has 0 spiro atoms. The molecule has 16 nitrogen and oxygen atoms in total. The number of rotatable bonds is 7. The molecule has 0 saturated carbocycles. The molecule has 4 unspecified atom stereocenters. The number of ether oxygens (including phenoxy) is 11. The highest BCUT2D eigenvalue weighted by Gasteiger charge is 2.48. The van der Waals surface area contributed by atoms with E-state index in [2.05, 4.69) is 9.80 Å². The van der Waals surface area contributed by atoms with E-state index in [-0.39, 0.29) is 42.7 Å². The summed E-state index contributed by atoms with van der Waals surface area (Å²) in [5.41, 5.74) is 6.16. The lowest BCUT2D eigenvalue weighted by Gasteiger charge is -2.38. The van der Waals surface area contributed by atoms with Crippen LogP contribution in [0, 0.1) is 0 Å². The normalized spacial score (nSPS) is 21.9. The lowest BCUT2D eigenvalue weighted by atomic mass is 9.85. The lowest BCUT2D eigenvalue weighted by molar-refractivity contribution is 0.00806. The summed E-state index contributed by atoms with van der Waals surface area (Å²) in [5.74, 6) is 3.71. The highest BCUT2D eigenvalue weighted by atomic mass is 16.7. The summed E-state index contributed by atoms with van der Waals surface area (Å²) in [4.78, 5) is 29.9. The van der Waals surface area contributed by atoms with Crippen LogP contribution in [0.2, 0.25) is 0 Å². The number of hydrogen-bond acceptors (Lipinski definition) is 16. The minimum Gasteiger partial charge on any atom is -0.504 e. The number of carbonyl (C=O) groups excluding carboxylic acids is 2. The number of cyclic esters (lactones) is 2. The molecule has 1 N–H and O–H groups in total. The third-order valence-corrected chi connectivity index (χ3v) is 11.9. The van der Waals surface area contributed by atoms with Crippen LogP contribution in [0.5, 0.6) is 57.5 Å². The summed E-state index contributed by atoms with van der Waals surface area (Å²) in [7, 11) is 11.7. The van der Waals surface area contributed by atoms with Crippen molar-refractivity contribution in [2.45, 2.75) is 37.1 Å². The van der Waals surface area contributed by atoms with Crippen molar-refractivity contribution >= 4 is 11.9 Å². The molecule has 16 heteroatoms. The van der Waals surface area contributed by atoms with Crippen LogP contribution in [0.4, 0.5) is 0 Å². The predicted molar refractivity (Wildman–Crippen MR) is 207 cm³/mol. The third-order valence-electron chi connectivity index (χ3n) is 11.9. The van der Waals surface area contributed by atoms with Gasteiger partial charge >= 0.3 is 11.9 Å². The Labute approximate surface area is 339 Å². The van der Waals surface area contributed by atoms with Crippen molar-refractivity contribution in [1.29, 1.82) is 0 Å². The summed E-state index contributed by atoms with van der Waals surface area (Å²) in [6.45, 7) is 1.89. The van der Waals surface area contributed by atoms with Gasteiger partial charge in [0.2, 0.25) is 25.1 Å². The smallest absolute Gasteiger partial charge is 0.343 e. The molecule has 0 fully saturated rings. The molecular formula is C43H44N2O14. The van der Waals surface area contributed by atoms with Crippen LogP contribution in [0.1, 0.15) is 78.4 Å². The largest absolute Gasteiger partial charge is 0.504 e. The summed E-state index contributed by atoms with van der Waals surface area (Å²) in [6.07, 6.45) is 0.534. The second-order valence-electron chi connectivity index (χ2n) is 14.8. The fourth-order valence-corrected chi connectivity index (χ4v) is 9.28. The van der Waals surface area contributed by atoms with Crippen molar-refractivity contribution in [2.75, 3.05) is 76.3 Å². The van der Waals surface area contributed by atoms with E-state index in [0.717, 1.165) is 53.7 Å². The Morgan fingerprint density at radius 1 is 0.593 bits per heavy atom. The Hall–Kier alpha value is -6.26. The van der Waals surface area contributed by atoms with Crippen molar-refractivity contribution in [3.05, 3.63) is 80.9 Å². The molecule has 0 aromatic heterocycles. The van der Waals surface area contributed by atoms with Crippen LogP contribution < -0.4 is 42.6 Å². The van der Waals surface area contributed by atoms with E-state index < -0.39 is 24.1 Å². The molecule has 0 radical (unpaired) electrons. The van der Waals surface area contributed by atoms with E-state index in [9.17, 15) is 14.7 Å². The average Bonchev–Trinajstić information content (AvgIpc) is 4.05. The molecule has 6 heterocycles. The van der Waals surface area contributed by atoms with Gasteiger partial charge in [0.25, 0.3) is 0 Å². The molecule has 0 saturated heterocycles. The number of esters is 2. The molecule has 4 atom stereocenters. The summed E-state index contributed by atoms with van der Waals surface area (Å²) >= 11 is 0. The van der Waals surface area contributed by atoms with Crippen molar-refractivity contribution in [1.82, 2.24) is 9.80 Å². The van der Waals surface area contributed by atoms with Gasteiger partial charge in [-0.25, -0.2) is 9.59 Å². The first kappa shape index (κ1) is 38.3. The van der Waals surface area contributed by atoms with Crippen LogP contribution >= 0.6 is 0 Å². The van der Waals surface area contributed by atoms with Crippen molar-refractivity contribution in [3.63, 3.8) is 0 Å². The fraction of sp³-hybridized carbons (Fsp3) is 0.395. The van der Waals surface area contributed by atoms with Gasteiger partial charge in [-0.1, -0.05) is 12.1 Å². The number of nitrogens with zero attached hydrogens (tertiary/aromatic N) is 2. The lowest BCUT2D eigenvalue weighted by Crippen LogP contribution is -2.36. The van der Waals surface area contributed by atoms with Crippen molar-refractivity contribution in [3.8, 4) is 57.5 Å². The quantitative estimate of drug-likeness (QED) is 0.234. The summed E-state index contributed by atoms with van der Waals surface area (Å²) in [5, 5.41) is 10.1. The number of hydrogen-bond donors (Lipinski definition) is 1. The van der Waals surface area contributed by atoms with Gasteiger partial charge in [0.1, 0.15) is 23.3 Å². The topological polar surface area (TPSA) is 162 Å². The number of fused-ring (bicyclic) bond motifs is 6. The first-order valence-corrected chi connectivity index (χ1v) is 19.1. The van der Waals surface area contributed by atoms with Crippen LogP contribution in [0.3, 0.4) is 0 Å². The minimum atomic E-state index is -0.578. The van der Waals surface area contributed by atoms with E-state index in [0.29, 0.717) is 57.1 Å². The minimum absolute atomic E-state index is 0.0952. The number of aromatic hydroxyl groups is 1. The predicted octanol–water partition coefficient (Wildman–Crippen LogP) is 5.46. The number of likely N-dealkylation sites (N-methyl/N-ethyl adjacent to an activating group) is 2. The first-order valence-electron chi connectivity index (χ1n) is 19.1. The summed E-state index contributed by atoms with van der Waals surface area (Å²) in [6, 6.07) is 10.4. The number of carbonyl (C=O) groups is 2. The highest BCUT2D eigenvalue weighted by molar-refractivity contribution is 5.99. The number of methoxy groups -OCH3 is 5. The zero-order valence-electron chi connectivity index (χ0n) is 33.7. The second kappa shape index (κ2) is 14.8. The summed E-state index contributed by atoms with van der Waals surface area (Å²) < 4.78 is 61.8. The van der Waals surface area contributed by atoms with Crippen LogP contribution in [0.25, 0.3) is 0 Å². The van der Waals surface area contributed by atoms with Gasteiger partial charge in [-0.3, -0.25) is 9.80 Å². The van der Waals surface area contributed by atoms with Crippen LogP contribution in [0.15, 0.2) is 36.4 Å². The van der Waals surface area contributed by atoms with E-state index in [1.165, 1.54) is 20.3 Å². The Morgan fingerprint density at radius 2 is 1.05 bits per heavy atom. The Morgan fingerprint density at radius 3 is 1.51 bits per heavy atom. The molecule has 0 amide bonds. The zero-order chi connectivity index (χ0) is 41.3. The van der Waals surface area contributed by atoms with E-state index >= 15 is 0 Å². The SMILES string of the molecule is COc1c(O)ccc2c1C(=O)OC2C1c2c(cc3c(c2OC)OCO3)CCN1C.COc1ccc2c(c1OC)C(=O)OC2C1c2c(cc3c(c2OC)OCO3)CCN1C. The molecule has 310 valence electrons. The molecule has 4 aromatic rings. The van der Waals surface area contributed by atoms with Gasteiger partial charge in [-0.05, 0) is 62.3 Å². The monoisotopic (exact) mass is 812 g/mol. The molecule has 10 rings (SSSR count). The molecule has 0 bridgehead atoms. The molecular weight excluding hydrogens is 768 g/mol. The van der Waals surface area contributed by atoms with Crippen LogP contribution in [-0.4, -0.2) is 103 Å². The van der Waals surface area contributed by atoms with E-state index in [4.69, 9.17) is 52.1 Å². The van der Waals surface area contributed by atoms with Gasteiger partial charge in [-0.15, -0.1) is 0 Å². The fourth-order valence-electron chi connectivity index (χ4n) is 9.28. The van der Waals surface area contributed by atoms with E-state index in [1.54, 1.807) is 33.5 Å². The first-order chi connectivity index (χ1) is 28.6. The highest BCUT2D eigenvalue weighted by Crippen LogP contribution is 2.57. The van der Waals surface area contributed by atoms with E-state index in [1.807, 2.05) is 32.3 Å². The average molecular weight is 813 g/mol. The molecule has 4 aromatic carbocycles. The van der Waals surface area contributed by atoms with Gasteiger partial charge < -0.3 is 57.2 Å². The maximum atomic E-state index is 12.9. The van der Waals surface area contributed by atoms with Crippen molar-refractivity contribution in [2.24, 2.45) is 0 Å². The molecule has 0 aliphatic carbocycles. The van der Waals surface area contributed by atoms with Gasteiger partial charge in [0, 0.05) is 35.3 Å². The van der Waals surface area contributed by atoms with Crippen LogP contribution in [-0.2, 0) is 22.3 Å². The Balaban J connectivity index is 0.000000152. The Bertz CT molecular complexity index is 2380. The van der Waals surface area contributed by atoms with Gasteiger partial charge in [-0.2, -0.15) is 0 Å². The zero-order valence-corrected chi connectivity index (χ0v) is 33.7. The number of benzene rings is 4. The van der Waals surface area contributed by atoms with Gasteiger partial charge in [0.15, 0.2) is 46.0 Å². The number of phenols is 1. The third kappa shape index (κ3) is 5.86. The molecule has 6 aliphatic heterocycles. The standard InChI is InChI=1S/C22H23NO7.C21H21NO7/c1-23-8-7-11-9-14-20(29-10-28-14)21(27-4)15(11)17(23)18-12-5-6-13(25-2)19(26-3)16(12)22(24)30-18;1-22-7-6-10-8-13-19(28-9-27-13)20(26-3)14(10)16(22)17-11-4-5-12(23)18(25-2)15(11)21(24)29-17/h5-6,9,17-18H,7-8,10H2,1-4H3;4-5,8,16-17,23H,6-7,9H2,1-3H3. The second-order valence-corrected chi connectivity index (χ2v) is 14.8. The molecule has 6 aliphatic rings. The van der Waals surface area contributed by atoms with Gasteiger partial charge in [0.05, 0.1) is 47.6 Å². The maximum absolute atomic E-state index is 12.9. The number of phenolic OH excluding ortho intramolecular Hbond substituents is 1. The molecule has 59 heavy (non-hydrogen) atoms. The Kier molecular flexibility index (Phi) is 9.63. The maximum Gasteiger partial charge on any atom is 0.343 e. The van der Waals surface area contributed by atoms with Crippen molar-refractivity contribution < 1.29 is 66.8 Å².